The van der Waals surface area contributed by atoms with Crippen LogP contribution in [-0.2, 0) is 16.6 Å². The topological polar surface area (TPSA) is 163 Å². The summed E-state index contributed by atoms with van der Waals surface area (Å²) in [6.45, 7) is 3.70. The fourth-order valence-corrected chi connectivity index (χ4v) is 5.80. The van der Waals surface area contributed by atoms with Crippen molar-refractivity contribution in [3.63, 3.8) is 0 Å². The number of H-pyrrole nitrogens is 1. The first-order valence-corrected chi connectivity index (χ1v) is 13.9. The first-order valence-electron chi connectivity index (χ1n) is 13.1. The molecule has 4 N–H and O–H groups in total. The van der Waals surface area contributed by atoms with E-state index in [2.05, 4.69) is 40.9 Å². The van der Waals surface area contributed by atoms with E-state index < -0.39 is 29.6 Å². The molecule has 18 heteroatoms. The lowest BCUT2D eigenvalue weighted by Gasteiger charge is -2.36. The van der Waals surface area contributed by atoms with Crippen LogP contribution in [-0.4, -0.2) is 57.9 Å². The first-order chi connectivity index (χ1) is 20.5. The number of aromatic nitrogens is 7. The Labute approximate surface area is 249 Å². The van der Waals surface area contributed by atoms with Crippen molar-refractivity contribution in [2.24, 2.45) is 5.92 Å². The molecule has 44 heavy (non-hydrogen) atoms. The molecule has 1 fully saturated rings. The summed E-state index contributed by atoms with van der Waals surface area (Å²) < 4.78 is 70.8. The minimum atomic E-state index is -5.08. The summed E-state index contributed by atoms with van der Waals surface area (Å²) in [6.07, 6.45) is -3.49. The molecule has 11 nitrogen and oxygen atoms in total. The van der Waals surface area contributed by atoms with Gasteiger partial charge in [-0.2, -0.15) is 31.6 Å². The first kappa shape index (κ1) is 32.7. The highest BCUT2D eigenvalue weighted by molar-refractivity contribution is 7.15. The third-order valence-electron chi connectivity index (χ3n) is 6.99. The molecule has 0 bridgehead atoms. The van der Waals surface area contributed by atoms with Crippen molar-refractivity contribution in [2.45, 2.75) is 63.4 Å². The van der Waals surface area contributed by atoms with Gasteiger partial charge in [-0.15, -0.1) is 21.5 Å². The molecule has 1 aliphatic rings. The number of nitrogens with one attached hydrogen (secondary N) is 2. The molecule has 1 saturated carbocycles. The van der Waals surface area contributed by atoms with Crippen LogP contribution in [0.1, 0.15) is 60.6 Å². The Kier molecular flexibility index (Phi) is 9.53. The molecule has 1 atom stereocenters. The van der Waals surface area contributed by atoms with Gasteiger partial charge in [0, 0.05) is 24.0 Å². The van der Waals surface area contributed by atoms with E-state index in [9.17, 15) is 31.4 Å². The van der Waals surface area contributed by atoms with Crippen LogP contribution in [0.5, 0.6) is 0 Å². The molecule has 0 saturated heterocycles. The largest absolute Gasteiger partial charge is 0.490 e. The number of anilines is 2. The second-order valence-electron chi connectivity index (χ2n) is 10.3. The highest BCUT2D eigenvalue weighted by atomic mass is 32.1. The fourth-order valence-electron chi connectivity index (χ4n) is 4.78. The van der Waals surface area contributed by atoms with E-state index in [1.54, 1.807) is 18.3 Å². The molecule has 0 amide bonds. The molecule has 1 aliphatic carbocycles. The number of carboxylic acids is 1. The van der Waals surface area contributed by atoms with E-state index in [-0.39, 0.29) is 17.8 Å². The number of alkyl halides is 6. The molecule has 3 heterocycles. The Balaban J connectivity index is 0.000000566. The third kappa shape index (κ3) is 8.04. The number of carboxylic acid groups (broad SMARTS) is 1. The number of aryl methyl sites for hydroxylation is 1. The maximum atomic E-state index is 13.0. The minimum absolute atomic E-state index is 0.0439. The van der Waals surface area contributed by atoms with Gasteiger partial charge in [-0.25, -0.2) is 19.7 Å². The number of hydrogen-bond acceptors (Lipinski definition) is 10. The highest BCUT2D eigenvalue weighted by Gasteiger charge is 2.40. The predicted octanol–water partition coefficient (Wildman–Crippen LogP) is 6.00. The quantitative estimate of drug-likeness (QED) is 0.183. The Hall–Kier alpha value is -4.19. The van der Waals surface area contributed by atoms with Crippen molar-refractivity contribution in [3.05, 3.63) is 58.7 Å². The molecule has 1 unspecified atom stereocenters. The summed E-state index contributed by atoms with van der Waals surface area (Å²) in [5, 5.41) is 36.4. The predicted molar refractivity (Wildman–Crippen MR) is 145 cm³/mol. The minimum Gasteiger partial charge on any atom is -0.475 e. The number of aliphatic hydroxyl groups is 1. The number of rotatable bonds is 6. The summed E-state index contributed by atoms with van der Waals surface area (Å²) in [4.78, 5) is 21.8. The lowest BCUT2D eigenvalue weighted by Crippen LogP contribution is -2.34. The van der Waals surface area contributed by atoms with Gasteiger partial charge in [0.1, 0.15) is 16.3 Å². The van der Waals surface area contributed by atoms with Crippen LogP contribution in [0.25, 0.3) is 10.4 Å². The number of thiazole rings is 1. The smallest absolute Gasteiger partial charge is 0.475 e. The normalized spacial score (nSPS) is 18.6. The second kappa shape index (κ2) is 12.8. The number of aromatic amines is 1. The molecule has 0 radical (unpaired) electrons. The average molecular weight is 645 g/mol. The summed E-state index contributed by atoms with van der Waals surface area (Å²) in [7, 11) is 0. The summed E-state index contributed by atoms with van der Waals surface area (Å²) in [5.41, 5.74) is 0.166. The Bertz CT molecular complexity index is 1570. The number of aliphatic carboxylic acids is 1. The van der Waals surface area contributed by atoms with Crippen LogP contribution in [0, 0.1) is 12.8 Å². The lowest BCUT2D eigenvalue weighted by molar-refractivity contribution is -0.192. The SMILES string of the molecule is Cc1cc(Nc2nccc(C(F)(F)F)n2)cc(-c2cnc(C(C)(O)[C@H]3CC[C@H](c4nn[nH]n4)CC3)s2)c1.O=C(O)C(F)(F)F. The van der Waals surface area contributed by atoms with E-state index in [4.69, 9.17) is 9.90 Å². The third-order valence-corrected chi connectivity index (χ3v) is 8.27. The Morgan fingerprint density at radius 1 is 1.07 bits per heavy atom. The number of hydrogen-bond donors (Lipinski definition) is 4. The van der Waals surface area contributed by atoms with Gasteiger partial charge in [-0.05, 0) is 74.8 Å². The van der Waals surface area contributed by atoms with E-state index in [0.29, 0.717) is 16.5 Å². The molecule has 5 rings (SSSR count). The zero-order valence-electron chi connectivity index (χ0n) is 23.1. The molecular weight excluding hydrogens is 618 g/mol. The van der Waals surface area contributed by atoms with Crippen molar-refractivity contribution < 1.29 is 41.4 Å². The molecule has 3 aromatic heterocycles. The number of tetrazole rings is 1. The zero-order chi connectivity index (χ0) is 32.3. The van der Waals surface area contributed by atoms with Crippen LogP contribution < -0.4 is 5.32 Å². The standard InChI is InChI=1S/C24H25F3N8OS.C2HF3O2/c1-13-9-15(11-17(10-13)30-22-28-8-7-19(31-22)24(25,26)27)18-12-29-21(37-18)23(2,36)16-5-3-14(4-6-16)20-32-34-35-33-20;3-2(4,5)1(6)7/h7-12,14,16,36H,3-6H2,1-2H3,(H,28,30,31)(H,32,33,34,35);(H,6,7)/t14-,16-,23?;. The van der Waals surface area contributed by atoms with Crippen molar-refractivity contribution in [3.8, 4) is 10.4 Å². The lowest BCUT2D eigenvalue weighted by atomic mass is 9.74. The molecule has 1 aromatic carbocycles. The van der Waals surface area contributed by atoms with Gasteiger partial charge < -0.3 is 15.5 Å². The van der Waals surface area contributed by atoms with E-state index in [1.807, 2.05) is 19.9 Å². The van der Waals surface area contributed by atoms with Crippen molar-refractivity contribution in [2.75, 3.05) is 5.32 Å². The molecule has 4 aromatic rings. The van der Waals surface area contributed by atoms with Crippen LogP contribution in [0.15, 0.2) is 36.7 Å². The number of halogens is 6. The van der Waals surface area contributed by atoms with Gasteiger partial charge in [0.05, 0.1) is 4.88 Å². The van der Waals surface area contributed by atoms with Crippen LogP contribution >= 0.6 is 11.3 Å². The molecule has 0 aliphatic heterocycles. The number of benzene rings is 1. The Morgan fingerprint density at radius 3 is 2.34 bits per heavy atom. The molecule has 236 valence electrons. The summed E-state index contributed by atoms with van der Waals surface area (Å²) in [6, 6.07) is 6.39. The second-order valence-corrected chi connectivity index (χ2v) is 11.3. The van der Waals surface area contributed by atoms with Gasteiger partial charge in [0.15, 0.2) is 5.82 Å². The Morgan fingerprint density at radius 2 is 1.75 bits per heavy atom. The maximum Gasteiger partial charge on any atom is 0.490 e. The zero-order valence-corrected chi connectivity index (χ0v) is 23.9. The van der Waals surface area contributed by atoms with Gasteiger partial charge in [-0.1, -0.05) is 11.3 Å². The van der Waals surface area contributed by atoms with Crippen LogP contribution in [0.3, 0.4) is 0 Å². The summed E-state index contributed by atoms with van der Waals surface area (Å²) >= 11 is 1.41. The van der Waals surface area contributed by atoms with Gasteiger partial charge in [-0.3, -0.25) is 0 Å². The maximum absolute atomic E-state index is 13.0. The van der Waals surface area contributed by atoms with Gasteiger partial charge >= 0.3 is 18.3 Å². The van der Waals surface area contributed by atoms with Crippen LogP contribution in [0.4, 0.5) is 38.0 Å². The van der Waals surface area contributed by atoms with Crippen LogP contribution in [0.2, 0.25) is 0 Å². The molecular formula is C26H26F6N8O3S. The fraction of sp³-hybridized carbons (Fsp3) is 0.423. The molecule has 0 spiro atoms. The van der Waals surface area contributed by atoms with E-state index >= 15 is 0 Å². The van der Waals surface area contributed by atoms with Crippen molar-refractivity contribution in [1.29, 1.82) is 0 Å². The summed E-state index contributed by atoms with van der Waals surface area (Å²) in [5.74, 6) is -1.91. The number of carbonyl (C=O) groups is 1. The van der Waals surface area contributed by atoms with Gasteiger partial charge in [0.2, 0.25) is 5.95 Å². The van der Waals surface area contributed by atoms with Gasteiger partial charge in [0.25, 0.3) is 0 Å². The van der Waals surface area contributed by atoms with E-state index in [1.165, 1.54) is 11.3 Å². The van der Waals surface area contributed by atoms with Crippen molar-refractivity contribution in [1.82, 2.24) is 35.6 Å². The highest BCUT2D eigenvalue weighted by Crippen LogP contribution is 2.45. The average Bonchev–Trinajstić information content (AvgIpc) is 3.66. The van der Waals surface area contributed by atoms with Crippen molar-refractivity contribution >= 4 is 28.9 Å². The monoisotopic (exact) mass is 644 g/mol. The van der Waals surface area contributed by atoms with E-state index in [0.717, 1.165) is 54.0 Å². The number of nitrogens with zero attached hydrogens (tertiary/aromatic N) is 6.